The van der Waals surface area contributed by atoms with E-state index in [0.29, 0.717) is 5.56 Å². The Morgan fingerprint density at radius 3 is 2.21 bits per heavy atom. The average molecular weight is 485 g/mol. The first-order valence-corrected chi connectivity index (χ1v) is 10.2. The van der Waals surface area contributed by atoms with Crippen LogP contribution < -0.4 is 4.74 Å². The van der Waals surface area contributed by atoms with Crippen molar-refractivity contribution >= 4 is 23.3 Å². The van der Waals surface area contributed by atoms with Crippen molar-refractivity contribution in [3.63, 3.8) is 0 Å². The highest BCUT2D eigenvalue weighted by Crippen LogP contribution is 2.40. The molecule has 1 aromatic heterocycles. The molecular formula is C22H16F5NO4S. The fraction of sp³-hybridized carbons (Fsp3) is 0.227. The molecule has 3 rings (SSSR count). The molecule has 174 valence electrons. The number of carboxylic acid groups (broad SMARTS) is 1. The van der Waals surface area contributed by atoms with E-state index in [1.54, 1.807) is 0 Å². The van der Waals surface area contributed by atoms with Crippen LogP contribution in [-0.2, 0) is 24.0 Å². The number of aromatic nitrogens is 1. The van der Waals surface area contributed by atoms with Gasteiger partial charge < -0.3 is 9.84 Å². The lowest BCUT2D eigenvalue weighted by atomic mass is 10.0. The summed E-state index contributed by atoms with van der Waals surface area (Å²) in [6.45, 7) is 0.520. The van der Waals surface area contributed by atoms with Crippen LogP contribution in [0.1, 0.15) is 39.7 Å². The largest absolute Gasteiger partial charge is 0.483 e. The van der Waals surface area contributed by atoms with Crippen molar-refractivity contribution in [2.24, 2.45) is 0 Å². The van der Waals surface area contributed by atoms with Crippen molar-refractivity contribution in [3.8, 4) is 17.0 Å². The SMILES string of the molecule is CC(=O)c1ccc(-c2nsc(C(F)(F)F)c2COc2c(F)cc(CCC(=O)O)cc2F)cc1. The highest BCUT2D eigenvalue weighted by atomic mass is 32.1. The first-order valence-electron chi connectivity index (χ1n) is 9.47. The molecule has 0 amide bonds. The van der Waals surface area contributed by atoms with Gasteiger partial charge in [0.2, 0.25) is 0 Å². The lowest BCUT2D eigenvalue weighted by Gasteiger charge is -2.13. The summed E-state index contributed by atoms with van der Waals surface area (Å²) in [6, 6.07) is 7.47. The highest BCUT2D eigenvalue weighted by Gasteiger charge is 2.38. The number of aliphatic carboxylic acids is 1. The molecule has 0 unspecified atom stereocenters. The molecule has 0 spiro atoms. The van der Waals surface area contributed by atoms with Crippen molar-refractivity contribution in [1.82, 2.24) is 4.37 Å². The highest BCUT2D eigenvalue weighted by molar-refractivity contribution is 7.06. The second-order valence-electron chi connectivity index (χ2n) is 7.04. The predicted octanol–water partition coefficient (Wildman–Crippen LogP) is 5.91. The molecule has 0 aliphatic carbocycles. The monoisotopic (exact) mass is 485 g/mol. The number of hydrogen-bond donors (Lipinski definition) is 1. The molecule has 0 aliphatic heterocycles. The van der Waals surface area contributed by atoms with Crippen LogP contribution in [0.4, 0.5) is 22.0 Å². The number of rotatable bonds is 8. The Morgan fingerprint density at radius 1 is 1.09 bits per heavy atom. The smallest absolute Gasteiger partial charge is 0.427 e. The second-order valence-corrected chi connectivity index (χ2v) is 7.81. The zero-order valence-electron chi connectivity index (χ0n) is 17.0. The maximum atomic E-state index is 14.4. The van der Waals surface area contributed by atoms with Crippen molar-refractivity contribution < 1.29 is 41.4 Å². The number of halogens is 5. The summed E-state index contributed by atoms with van der Waals surface area (Å²) in [7, 11) is 0. The number of carboxylic acids is 1. The fourth-order valence-corrected chi connectivity index (χ4v) is 3.81. The van der Waals surface area contributed by atoms with Gasteiger partial charge in [0.15, 0.2) is 23.2 Å². The Hall–Kier alpha value is -3.34. The molecule has 11 heteroatoms. The minimum Gasteiger partial charge on any atom is -0.483 e. The van der Waals surface area contributed by atoms with Gasteiger partial charge in [0, 0.05) is 23.1 Å². The maximum absolute atomic E-state index is 14.4. The van der Waals surface area contributed by atoms with Gasteiger partial charge in [-0.3, -0.25) is 9.59 Å². The summed E-state index contributed by atoms with van der Waals surface area (Å²) in [5.74, 6) is -4.59. The lowest BCUT2D eigenvalue weighted by molar-refractivity contribution is -0.137. The number of Topliss-reactive ketones (excluding diaryl/α,β-unsaturated/α-hetero) is 1. The third kappa shape index (κ3) is 5.72. The van der Waals surface area contributed by atoms with Gasteiger partial charge >= 0.3 is 12.1 Å². The van der Waals surface area contributed by atoms with Gasteiger partial charge in [0.1, 0.15) is 11.5 Å². The number of ketones is 1. The van der Waals surface area contributed by atoms with Crippen LogP contribution in [0, 0.1) is 11.6 Å². The van der Waals surface area contributed by atoms with E-state index in [4.69, 9.17) is 9.84 Å². The number of carbonyl (C=O) groups excluding carboxylic acids is 1. The maximum Gasteiger partial charge on any atom is 0.427 e. The van der Waals surface area contributed by atoms with Crippen molar-refractivity contribution in [2.75, 3.05) is 0 Å². The molecule has 5 nitrogen and oxygen atoms in total. The minimum atomic E-state index is -4.77. The summed E-state index contributed by atoms with van der Waals surface area (Å²) in [5.41, 5.74) is 0.211. The van der Waals surface area contributed by atoms with E-state index in [1.807, 2.05) is 0 Å². The molecule has 0 saturated carbocycles. The molecule has 2 aromatic carbocycles. The number of aryl methyl sites for hydroxylation is 1. The number of carbonyl (C=O) groups is 2. The van der Waals surface area contributed by atoms with Crippen LogP contribution in [0.5, 0.6) is 5.75 Å². The van der Waals surface area contributed by atoms with Crippen molar-refractivity contribution in [3.05, 3.63) is 69.6 Å². The molecule has 0 saturated heterocycles. The molecule has 1 N–H and O–H groups in total. The Balaban J connectivity index is 1.92. The van der Waals surface area contributed by atoms with Crippen molar-refractivity contribution in [1.29, 1.82) is 0 Å². The first-order chi connectivity index (χ1) is 15.5. The van der Waals surface area contributed by atoms with Crippen LogP contribution >= 0.6 is 11.5 Å². The summed E-state index contributed by atoms with van der Waals surface area (Å²) in [5, 5.41) is 8.69. The molecule has 0 radical (unpaired) electrons. The standard InChI is InChI=1S/C22H16F5NO4S/c1-11(29)13-3-5-14(6-4-13)19-15(21(33-28-19)22(25,26)27)10-32-20-16(23)8-12(9-17(20)24)2-7-18(30)31/h3-6,8-9H,2,7,10H2,1H3,(H,30,31). The Morgan fingerprint density at radius 2 is 1.70 bits per heavy atom. The van der Waals surface area contributed by atoms with Gasteiger partial charge in [-0.2, -0.15) is 17.5 Å². The van der Waals surface area contributed by atoms with E-state index >= 15 is 0 Å². The van der Waals surface area contributed by atoms with Gasteiger partial charge in [0.05, 0.1) is 5.69 Å². The summed E-state index contributed by atoms with van der Waals surface area (Å²) >= 11 is 0.179. The predicted molar refractivity (Wildman–Crippen MR) is 109 cm³/mol. The average Bonchev–Trinajstić information content (AvgIpc) is 3.16. The van der Waals surface area contributed by atoms with Gasteiger partial charge in [-0.05, 0) is 42.6 Å². The molecule has 0 fully saturated rings. The normalized spacial score (nSPS) is 11.5. The van der Waals surface area contributed by atoms with E-state index in [9.17, 15) is 31.5 Å². The number of hydrogen-bond acceptors (Lipinski definition) is 5. The van der Waals surface area contributed by atoms with Gasteiger partial charge in [-0.1, -0.05) is 24.3 Å². The van der Waals surface area contributed by atoms with E-state index < -0.39 is 46.6 Å². The number of alkyl halides is 3. The van der Waals surface area contributed by atoms with Gasteiger partial charge in [-0.15, -0.1) is 0 Å². The Bertz CT molecular complexity index is 1170. The van der Waals surface area contributed by atoms with Crippen LogP contribution in [-0.4, -0.2) is 21.2 Å². The molecule has 0 bridgehead atoms. The summed E-state index contributed by atoms with van der Waals surface area (Å²) in [6.07, 6.45) is -5.25. The lowest BCUT2D eigenvalue weighted by Crippen LogP contribution is -2.09. The second kappa shape index (κ2) is 9.65. The van der Waals surface area contributed by atoms with Crippen LogP contribution in [0.15, 0.2) is 36.4 Å². The Labute approximate surface area is 188 Å². The third-order valence-electron chi connectivity index (χ3n) is 4.66. The topological polar surface area (TPSA) is 76.5 Å². The first kappa shape index (κ1) is 24.3. The molecule has 1 heterocycles. The summed E-state index contributed by atoms with van der Waals surface area (Å²) in [4.78, 5) is 21.0. The van der Waals surface area contributed by atoms with Crippen LogP contribution in [0.3, 0.4) is 0 Å². The van der Waals surface area contributed by atoms with Crippen LogP contribution in [0.25, 0.3) is 11.3 Å². The Kier molecular flexibility index (Phi) is 7.11. The zero-order chi connectivity index (χ0) is 24.3. The van der Waals surface area contributed by atoms with E-state index in [2.05, 4.69) is 4.37 Å². The van der Waals surface area contributed by atoms with E-state index in [-0.39, 0.29) is 47.0 Å². The molecule has 3 aromatic rings. The number of ether oxygens (including phenoxy) is 1. The number of nitrogens with zero attached hydrogens (tertiary/aromatic N) is 1. The molecular weight excluding hydrogens is 469 g/mol. The molecule has 0 atom stereocenters. The summed E-state index contributed by atoms with van der Waals surface area (Å²) < 4.78 is 78.2. The van der Waals surface area contributed by atoms with E-state index in [1.165, 1.54) is 31.2 Å². The van der Waals surface area contributed by atoms with Crippen molar-refractivity contribution in [2.45, 2.75) is 32.5 Å². The quantitative estimate of drug-likeness (QED) is 0.317. The number of benzene rings is 2. The molecule has 33 heavy (non-hydrogen) atoms. The van der Waals surface area contributed by atoms with Crippen LogP contribution in [0.2, 0.25) is 0 Å². The fourth-order valence-electron chi connectivity index (χ4n) is 3.05. The minimum absolute atomic E-state index is 0.0687. The molecule has 0 aliphatic rings. The van der Waals surface area contributed by atoms with Gasteiger partial charge in [0.25, 0.3) is 0 Å². The van der Waals surface area contributed by atoms with E-state index in [0.717, 1.165) is 12.1 Å². The zero-order valence-corrected chi connectivity index (χ0v) is 17.8. The third-order valence-corrected chi connectivity index (χ3v) is 5.59. The van der Waals surface area contributed by atoms with Gasteiger partial charge in [-0.25, -0.2) is 8.78 Å².